The molecule has 1 saturated heterocycles. The molecule has 2 heterocycles. The highest BCUT2D eigenvalue weighted by atomic mass is 32.1. The van der Waals surface area contributed by atoms with Gasteiger partial charge >= 0.3 is 5.97 Å². The van der Waals surface area contributed by atoms with Crippen molar-refractivity contribution >= 4 is 39.6 Å². The van der Waals surface area contributed by atoms with E-state index in [1.165, 1.54) is 29.7 Å². The van der Waals surface area contributed by atoms with Crippen molar-refractivity contribution in [2.45, 2.75) is 84.2 Å². The largest absolute Gasteiger partial charge is 0.462 e. The second kappa shape index (κ2) is 10.7. The zero-order valence-electron chi connectivity index (χ0n) is 18.0. The summed E-state index contributed by atoms with van der Waals surface area (Å²) in [6, 6.07) is 0.982. The number of thiophene rings is 1. The van der Waals surface area contributed by atoms with E-state index >= 15 is 0 Å². The van der Waals surface area contributed by atoms with Crippen LogP contribution in [0.15, 0.2) is 0 Å². The number of hydrogen-bond acceptors (Lipinski definition) is 5. The standard InChI is InChI=1S/C22H35N3O2S2/c1-4-27-21(26)19-17-9-7-5-6-8-10-18(17)29-20(19)24-22(28)23-16-11-13-25(14-12-16)15(2)3/h15-16H,4-14H2,1-3H3,(H2,23,24,28). The van der Waals surface area contributed by atoms with E-state index in [1.54, 1.807) is 11.3 Å². The van der Waals surface area contributed by atoms with E-state index in [4.69, 9.17) is 17.0 Å². The van der Waals surface area contributed by atoms with Gasteiger partial charge in [-0.2, -0.15) is 0 Å². The number of piperidine rings is 1. The number of likely N-dealkylation sites (tertiary alicyclic amines) is 1. The lowest BCUT2D eigenvalue weighted by molar-refractivity contribution is 0.0526. The van der Waals surface area contributed by atoms with Gasteiger partial charge in [0, 0.05) is 30.1 Å². The van der Waals surface area contributed by atoms with Crippen molar-refractivity contribution in [3.05, 3.63) is 16.0 Å². The predicted octanol–water partition coefficient (Wildman–Crippen LogP) is 4.74. The number of nitrogens with zero attached hydrogens (tertiary/aromatic N) is 1. The third kappa shape index (κ3) is 5.92. The molecule has 5 nitrogen and oxygen atoms in total. The van der Waals surface area contributed by atoms with E-state index in [1.807, 2.05) is 6.92 Å². The van der Waals surface area contributed by atoms with Crippen molar-refractivity contribution in [3.8, 4) is 0 Å². The Balaban J connectivity index is 1.69. The highest BCUT2D eigenvalue weighted by Crippen LogP contribution is 2.37. The predicted molar refractivity (Wildman–Crippen MR) is 125 cm³/mol. The number of fused-ring (bicyclic) bond motifs is 1. The molecule has 0 saturated carbocycles. The number of rotatable bonds is 5. The maximum absolute atomic E-state index is 12.7. The van der Waals surface area contributed by atoms with Gasteiger partial charge in [0.25, 0.3) is 0 Å². The molecular weight excluding hydrogens is 402 g/mol. The van der Waals surface area contributed by atoms with Crippen molar-refractivity contribution < 1.29 is 9.53 Å². The molecule has 0 unspecified atom stereocenters. The van der Waals surface area contributed by atoms with Crippen molar-refractivity contribution in [3.63, 3.8) is 0 Å². The fourth-order valence-electron chi connectivity index (χ4n) is 4.31. The molecule has 1 fully saturated rings. The van der Waals surface area contributed by atoms with Gasteiger partial charge in [0.05, 0.1) is 12.2 Å². The first-order valence-electron chi connectivity index (χ1n) is 11.1. The van der Waals surface area contributed by atoms with Crippen molar-refractivity contribution in [1.29, 1.82) is 0 Å². The summed E-state index contributed by atoms with van der Waals surface area (Å²) in [6.07, 6.45) is 8.99. The van der Waals surface area contributed by atoms with Gasteiger partial charge in [-0.05, 0) is 77.1 Å². The molecule has 0 amide bonds. The number of ether oxygens (including phenoxy) is 1. The number of esters is 1. The van der Waals surface area contributed by atoms with E-state index in [9.17, 15) is 4.79 Å². The topological polar surface area (TPSA) is 53.6 Å². The average Bonchev–Trinajstić information content (AvgIpc) is 2.98. The summed E-state index contributed by atoms with van der Waals surface area (Å²) in [5.41, 5.74) is 1.90. The summed E-state index contributed by atoms with van der Waals surface area (Å²) < 4.78 is 5.39. The van der Waals surface area contributed by atoms with Crippen LogP contribution in [0, 0.1) is 0 Å². The van der Waals surface area contributed by atoms with Crippen LogP contribution in [0.4, 0.5) is 5.00 Å². The van der Waals surface area contributed by atoms with Gasteiger partial charge in [0.2, 0.25) is 0 Å². The molecule has 29 heavy (non-hydrogen) atoms. The van der Waals surface area contributed by atoms with Gasteiger partial charge in [0.15, 0.2) is 5.11 Å². The molecule has 1 aliphatic heterocycles. The molecule has 3 rings (SSSR count). The normalized spacial score (nSPS) is 18.6. The smallest absolute Gasteiger partial charge is 0.341 e. The monoisotopic (exact) mass is 437 g/mol. The quantitative estimate of drug-likeness (QED) is 0.512. The van der Waals surface area contributed by atoms with Crippen LogP contribution in [0.5, 0.6) is 0 Å². The molecular formula is C22H35N3O2S2. The molecule has 0 spiro atoms. The van der Waals surface area contributed by atoms with E-state index in [0.717, 1.165) is 50.2 Å². The van der Waals surface area contributed by atoms with Crippen LogP contribution in [0.1, 0.15) is 80.1 Å². The number of carbonyl (C=O) groups excluding carboxylic acids is 1. The maximum atomic E-state index is 12.7. The molecule has 0 radical (unpaired) electrons. The second-order valence-electron chi connectivity index (χ2n) is 8.35. The second-order valence-corrected chi connectivity index (χ2v) is 9.86. The third-order valence-electron chi connectivity index (χ3n) is 5.97. The Morgan fingerprint density at radius 1 is 1.21 bits per heavy atom. The molecule has 1 aromatic rings. The van der Waals surface area contributed by atoms with Crippen LogP contribution in [0.2, 0.25) is 0 Å². The summed E-state index contributed by atoms with van der Waals surface area (Å²) in [6.45, 7) is 8.94. The third-order valence-corrected chi connectivity index (χ3v) is 7.40. The summed E-state index contributed by atoms with van der Waals surface area (Å²) in [5.74, 6) is -0.221. The number of nitrogens with one attached hydrogen (secondary N) is 2. The lowest BCUT2D eigenvalue weighted by Gasteiger charge is -2.35. The molecule has 2 aliphatic rings. The minimum atomic E-state index is -0.221. The molecule has 7 heteroatoms. The number of hydrogen-bond donors (Lipinski definition) is 2. The molecule has 0 aromatic carbocycles. The number of carbonyl (C=O) groups is 1. The van der Waals surface area contributed by atoms with Crippen molar-refractivity contribution in [1.82, 2.24) is 10.2 Å². The van der Waals surface area contributed by atoms with Crippen molar-refractivity contribution in [2.24, 2.45) is 0 Å². The van der Waals surface area contributed by atoms with Gasteiger partial charge in [0.1, 0.15) is 5.00 Å². The molecule has 0 bridgehead atoms. The van der Waals surface area contributed by atoms with Crippen LogP contribution in [0.3, 0.4) is 0 Å². The summed E-state index contributed by atoms with van der Waals surface area (Å²) in [7, 11) is 0. The average molecular weight is 438 g/mol. The highest BCUT2D eigenvalue weighted by molar-refractivity contribution is 7.80. The van der Waals surface area contributed by atoms with E-state index in [-0.39, 0.29) is 5.97 Å². The summed E-state index contributed by atoms with van der Waals surface area (Å²) in [4.78, 5) is 16.6. The SMILES string of the molecule is CCOC(=O)c1c(NC(=S)NC2CCN(C(C)C)CC2)sc2c1CCCCCC2. The lowest BCUT2D eigenvalue weighted by Crippen LogP contribution is -2.47. The fraction of sp³-hybridized carbons (Fsp3) is 0.727. The lowest BCUT2D eigenvalue weighted by atomic mass is 9.96. The van der Waals surface area contributed by atoms with Crippen LogP contribution in [-0.2, 0) is 17.6 Å². The zero-order chi connectivity index (χ0) is 20.8. The molecule has 1 aliphatic carbocycles. The Labute approximate surface area is 184 Å². The Morgan fingerprint density at radius 3 is 2.55 bits per heavy atom. The molecule has 2 N–H and O–H groups in total. The first-order valence-corrected chi connectivity index (χ1v) is 12.3. The zero-order valence-corrected chi connectivity index (χ0v) is 19.6. The first kappa shape index (κ1) is 22.5. The van der Waals surface area contributed by atoms with Crippen LogP contribution in [0.25, 0.3) is 0 Å². The molecule has 162 valence electrons. The van der Waals surface area contributed by atoms with Gasteiger partial charge < -0.3 is 20.3 Å². The minimum Gasteiger partial charge on any atom is -0.462 e. The van der Waals surface area contributed by atoms with Gasteiger partial charge in [-0.1, -0.05) is 12.8 Å². The van der Waals surface area contributed by atoms with E-state index in [0.29, 0.717) is 29.4 Å². The Morgan fingerprint density at radius 2 is 1.90 bits per heavy atom. The Kier molecular flexibility index (Phi) is 8.33. The van der Waals surface area contributed by atoms with Crippen LogP contribution in [-0.4, -0.2) is 47.8 Å². The number of thiocarbonyl (C=S) groups is 1. The number of aryl methyl sites for hydroxylation is 1. The highest BCUT2D eigenvalue weighted by Gasteiger charge is 2.26. The van der Waals surface area contributed by atoms with E-state index in [2.05, 4.69) is 29.4 Å². The molecule has 0 atom stereocenters. The molecule has 1 aromatic heterocycles. The number of anilines is 1. The van der Waals surface area contributed by atoms with Gasteiger partial charge in [-0.25, -0.2) is 4.79 Å². The first-order chi connectivity index (χ1) is 14.0. The van der Waals surface area contributed by atoms with Gasteiger partial charge in [-0.3, -0.25) is 0 Å². The van der Waals surface area contributed by atoms with Crippen molar-refractivity contribution in [2.75, 3.05) is 25.0 Å². The Bertz CT molecular complexity index is 709. The van der Waals surface area contributed by atoms with Crippen LogP contribution < -0.4 is 10.6 Å². The fourth-order valence-corrected chi connectivity index (χ4v) is 5.93. The maximum Gasteiger partial charge on any atom is 0.341 e. The van der Waals surface area contributed by atoms with Gasteiger partial charge in [-0.15, -0.1) is 11.3 Å². The minimum absolute atomic E-state index is 0.221. The van der Waals surface area contributed by atoms with Crippen LogP contribution >= 0.6 is 23.6 Å². The summed E-state index contributed by atoms with van der Waals surface area (Å²) in [5, 5.41) is 8.30. The summed E-state index contributed by atoms with van der Waals surface area (Å²) >= 11 is 7.31. The Hall–Kier alpha value is -1.18. The van der Waals surface area contributed by atoms with E-state index < -0.39 is 0 Å².